The van der Waals surface area contributed by atoms with E-state index in [1.54, 1.807) is 0 Å². The molecule has 0 aliphatic carbocycles. The van der Waals surface area contributed by atoms with Gasteiger partial charge in [0.05, 0.1) is 12.7 Å². The number of fused-ring (bicyclic) bond motifs is 1. The first-order valence-corrected chi connectivity index (χ1v) is 17.5. The molecule has 0 unspecified atom stereocenters. The predicted molar refractivity (Wildman–Crippen MR) is 170 cm³/mol. The van der Waals surface area contributed by atoms with Crippen molar-refractivity contribution < 1.29 is 23.4 Å². The van der Waals surface area contributed by atoms with Crippen LogP contribution in [-0.4, -0.2) is 45.3 Å². The third-order valence-electron chi connectivity index (χ3n) is 8.49. The van der Waals surface area contributed by atoms with E-state index in [0.717, 1.165) is 44.3 Å². The number of hydrogen-bond donors (Lipinski definition) is 0. The third-order valence-corrected chi connectivity index (χ3v) is 13.5. The minimum Gasteiger partial charge on any atom is -0.407 e. The Balaban J connectivity index is 1.14. The molecular weight excluding hydrogens is 540 g/mol. The molecule has 4 atom stereocenters. The Morgan fingerprint density at radius 1 is 0.738 bits per heavy atom. The summed E-state index contributed by atoms with van der Waals surface area (Å²) in [5.74, 6) is -0.653. The van der Waals surface area contributed by atoms with Crippen molar-refractivity contribution in [2.24, 2.45) is 0 Å². The maximum atomic E-state index is 7.07. The van der Waals surface area contributed by atoms with Gasteiger partial charge in [-0.1, -0.05) is 131 Å². The largest absolute Gasteiger partial charge is 0.407 e. The van der Waals surface area contributed by atoms with E-state index in [1.807, 2.05) is 32.0 Å². The molecule has 6 heteroatoms. The molecule has 0 aromatic heterocycles. The molecule has 0 bridgehead atoms. The van der Waals surface area contributed by atoms with Crippen LogP contribution < -0.4 is 10.4 Å². The summed E-state index contributed by atoms with van der Waals surface area (Å²) < 4.78 is 32.1. The molecule has 0 saturated carbocycles. The van der Waals surface area contributed by atoms with Gasteiger partial charge in [-0.05, 0) is 47.7 Å². The zero-order chi connectivity index (χ0) is 29.6. The zero-order valence-electron chi connectivity index (χ0n) is 26.0. The van der Waals surface area contributed by atoms with Crippen molar-refractivity contribution >= 4 is 18.7 Å². The Kier molecular flexibility index (Phi) is 10.0. The summed E-state index contributed by atoms with van der Waals surface area (Å²) in [7, 11) is -2.47. The van der Waals surface area contributed by atoms with Crippen LogP contribution in [0.1, 0.15) is 72.3 Å². The smallest absolute Gasteiger partial charge is 0.261 e. The summed E-state index contributed by atoms with van der Waals surface area (Å²) in [5.41, 5.74) is 1.15. The van der Waals surface area contributed by atoms with Crippen LogP contribution in [-0.2, 0) is 30.0 Å². The van der Waals surface area contributed by atoms with Crippen LogP contribution >= 0.6 is 0 Å². The quantitative estimate of drug-likeness (QED) is 0.159. The van der Waals surface area contributed by atoms with Gasteiger partial charge < -0.3 is 23.4 Å². The molecule has 2 aliphatic rings. The number of benzene rings is 3. The van der Waals surface area contributed by atoms with Gasteiger partial charge in [-0.15, -0.1) is 0 Å². The lowest BCUT2D eigenvalue weighted by molar-refractivity contribution is -0.219. The molecule has 0 radical (unpaired) electrons. The second-order valence-electron chi connectivity index (χ2n) is 13.1. The number of rotatable bonds is 13. The normalized spacial score (nSPS) is 23.6. The molecule has 0 N–H and O–H groups in total. The molecule has 5 rings (SSSR count). The molecule has 226 valence electrons. The monoisotopic (exact) mass is 588 g/mol. The average molecular weight is 589 g/mol. The summed E-state index contributed by atoms with van der Waals surface area (Å²) in [6, 6.07) is 32.1. The van der Waals surface area contributed by atoms with Gasteiger partial charge in [0.25, 0.3) is 8.32 Å². The van der Waals surface area contributed by atoms with E-state index < -0.39 is 14.1 Å². The second-order valence-corrected chi connectivity index (χ2v) is 17.4. The maximum absolute atomic E-state index is 7.07. The first-order valence-electron chi connectivity index (χ1n) is 15.6. The van der Waals surface area contributed by atoms with Crippen LogP contribution in [0, 0.1) is 0 Å². The van der Waals surface area contributed by atoms with Crippen LogP contribution in [0.2, 0.25) is 5.04 Å². The second kappa shape index (κ2) is 13.5. The minimum atomic E-state index is -2.47. The average Bonchev–Trinajstić information content (AvgIpc) is 3.45. The molecule has 3 aromatic rings. The predicted octanol–water partition coefficient (Wildman–Crippen LogP) is 6.98. The van der Waals surface area contributed by atoms with Crippen molar-refractivity contribution in [2.75, 3.05) is 6.61 Å². The van der Waals surface area contributed by atoms with Crippen LogP contribution in [0.15, 0.2) is 91.0 Å². The molecule has 2 aliphatic heterocycles. The van der Waals surface area contributed by atoms with E-state index in [-0.39, 0.29) is 29.6 Å². The molecule has 0 amide bonds. The Bertz CT molecular complexity index is 1190. The van der Waals surface area contributed by atoms with Gasteiger partial charge >= 0.3 is 0 Å². The van der Waals surface area contributed by atoms with Crippen molar-refractivity contribution in [2.45, 2.75) is 109 Å². The summed E-state index contributed by atoms with van der Waals surface area (Å²) in [6.45, 7) is 12.2. The Labute approximate surface area is 253 Å². The lowest BCUT2D eigenvalue weighted by Gasteiger charge is -2.43. The minimum absolute atomic E-state index is 0.00105. The van der Waals surface area contributed by atoms with Gasteiger partial charge in [-0.25, -0.2) is 0 Å². The van der Waals surface area contributed by atoms with E-state index in [0.29, 0.717) is 6.61 Å². The first kappa shape index (κ1) is 31.1. The highest BCUT2D eigenvalue weighted by Crippen LogP contribution is 2.40. The highest BCUT2D eigenvalue weighted by atomic mass is 28.4. The van der Waals surface area contributed by atoms with E-state index >= 15 is 0 Å². The standard InChI is InChI=1S/C36H48O5Si/c1-35(2,3)42(29-21-13-9-14-22-29,30-23-15-10-16-24-30)38-26-18-7-6-17-25-31-32(37-27-28-19-11-8-12-20-28)33-34(39-31)41-36(4,5)40-33/h8-16,19-24,31-34H,6-7,17-18,25-27H2,1-5H3/t31-,32+,33-,34-/m1/s1. The van der Waals surface area contributed by atoms with Crippen molar-refractivity contribution in [3.8, 4) is 0 Å². The first-order chi connectivity index (χ1) is 20.2. The highest BCUT2D eigenvalue weighted by Gasteiger charge is 2.55. The molecule has 3 aromatic carbocycles. The SMILES string of the molecule is CC1(C)O[C@H]2O[C@H](CCCCCCO[Si](c3ccccc3)(c3ccccc3)C(C)(C)C)[C@H](OCc3ccccc3)[C@H]2O1. The van der Waals surface area contributed by atoms with Gasteiger partial charge in [-0.3, -0.25) is 0 Å². The maximum Gasteiger partial charge on any atom is 0.261 e. The lowest BCUT2D eigenvalue weighted by atomic mass is 10.0. The third kappa shape index (κ3) is 7.07. The van der Waals surface area contributed by atoms with Crippen molar-refractivity contribution in [3.63, 3.8) is 0 Å². The van der Waals surface area contributed by atoms with Crippen molar-refractivity contribution in [3.05, 3.63) is 96.6 Å². The fraction of sp³-hybridized carbons (Fsp3) is 0.500. The Hall–Kier alpha value is -2.32. The summed E-state index contributed by atoms with van der Waals surface area (Å²) in [5, 5.41) is 2.67. The van der Waals surface area contributed by atoms with E-state index in [4.69, 9.17) is 23.4 Å². The fourth-order valence-corrected chi connectivity index (χ4v) is 11.1. The van der Waals surface area contributed by atoms with Crippen LogP contribution in [0.4, 0.5) is 0 Å². The number of ether oxygens (including phenoxy) is 4. The highest BCUT2D eigenvalue weighted by molar-refractivity contribution is 6.99. The topological polar surface area (TPSA) is 46.2 Å². The molecule has 5 nitrogen and oxygen atoms in total. The Morgan fingerprint density at radius 3 is 1.90 bits per heavy atom. The molecule has 2 saturated heterocycles. The molecule has 2 fully saturated rings. The van der Waals surface area contributed by atoms with Crippen LogP contribution in [0.5, 0.6) is 0 Å². The molecule has 2 heterocycles. The van der Waals surface area contributed by atoms with E-state index in [2.05, 4.69) is 93.6 Å². The van der Waals surface area contributed by atoms with Gasteiger partial charge in [-0.2, -0.15) is 0 Å². The summed E-state index contributed by atoms with van der Waals surface area (Å²) in [4.78, 5) is 0. The Morgan fingerprint density at radius 2 is 1.31 bits per heavy atom. The van der Waals surface area contributed by atoms with Gasteiger partial charge in [0, 0.05) is 6.61 Å². The van der Waals surface area contributed by atoms with E-state index in [9.17, 15) is 0 Å². The number of hydrogen-bond acceptors (Lipinski definition) is 5. The fourth-order valence-electron chi connectivity index (χ4n) is 6.54. The van der Waals surface area contributed by atoms with E-state index in [1.165, 1.54) is 10.4 Å². The van der Waals surface area contributed by atoms with Crippen LogP contribution in [0.3, 0.4) is 0 Å². The molecule has 0 spiro atoms. The van der Waals surface area contributed by atoms with Gasteiger partial charge in [0.2, 0.25) is 0 Å². The lowest BCUT2D eigenvalue weighted by Crippen LogP contribution is -2.66. The zero-order valence-corrected chi connectivity index (χ0v) is 27.0. The summed E-state index contributed by atoms with van der Waals surface area (Å²) >= 11 is 0. The van der Waals surface area contributed by atoms with Crippen molar-refractivity contribution in [1.29, 1.82) is 0 Å². The van der Waals surface area contributed by atoms with Gasteiger partial charge in [0.1, 0.15) is 12.2 Å². The van der Waals surface area contributed by atoms with Crippen molar-refractivity contribution in [1.82, 2.24) is 0 Å². The van der Waals surface area contributed by atoms with Crippen LogP contribution in [0.25, 0.3) is 0 Å². The van der Waals surface area contributed by atoms with Gasteiger partial charge in [0.15, 0.2) is 12.1 Å². The number of unbranched alkanes of at least 4 members (excludes halogenated alkanes) is 3. The molecular formula is C36H48O5Si. The molecule has 42 heavy (non-hydrogen) atoms. The summed E-state index contributed by atoms with van der Waals surface area (Å²) in [6.07, 6.45) is 4.52.